The summed E-state index contributed by atoms with van der Waals surface area (Å²) in [6.07, 6.45) is -1.33. The first-order valence-electron chi connectivity index (χ1n) is 9.60. The number of sulfonamides is 1. The van der Waals surface area contributed by atoms with Gasteiger partial charge in [-0.2, -0.15) is 0 Å². The molecule has 2 unspecified atom stereocenters. The highest BCUT2D eigenvalue weighted by Crippen LogP contribution is 2.34. The molecule has 2 atom stereocenters. The zero-order chi connectivity index (χ0) is 22.1. The van der Waals surface area contributed by atoms with Crippen molar-refractivity contribution in [3.63, 3.8) is 0 Å². The second-order valence-electron chi connectivity index (χ2n) is 7.79. The summed E-state index contributed by atoms with van der Waals surface area (Å²) in [6.45, 7) is 5.16. The average molecular weight is 427 g/mol. The molecule has 7 heteroatoms. The number of carbonyl (C=O) groups is 1. The molecular weight excluding hydrogens is 400 g/mol. The minimum atomic E-state index is -4.13. The highest BCUT2D eigenvalue weighted by atomic mass is 32.2. The number of aromatic amines is 1. The molecule has 1 aromatic heterocycles. The Balaban J connectivity index is 1.91. The summed E-state index contributed by atoms with van der Waals surface area (Å²) in [6, 6.07) is 17.4. The Hall–Kier alpha value is -2.74. The fourth-order valence-corrected chi connectivity index (χ4v) is 4.47. The standard InChI is InChI=1S/C23H26N2O4S/c1-15-9-11-17(12-10-15)22(27)21-16(2)13-19(25-21)14-20(26)23(3,30(24,28)29)18-7-5-4-6-8-18/h4-13,20,25-26H,14H2,1-3H3,(H2,24,28,29). The predicted octanol–water partition coefficient (Wildman–Crippen LogP) is 2.97. The van der Waals surface area contributed by atoms with Crippen LogP contribution in [0.15, 0.2) is 60.7 Å². The molecule has 0 fully saturated rings. The Morgan fingerprint density at radius 2 is 1.70 bits per heavy atom. The largest absolute Gasteiger partial charge is 0.391 e. The Kier molecular flexibility index (Phi) is 5.99. The third-order valence-corrected chi connectivity index (χ3v) is 7.29. The molecular formula is C23H26N2O4S. The van der Waals surface area contributed by atoms with Gasteiger partial charge in [-0.15, -0.1) is 0 Å². The van der Waals surface area contributed by atoms with E-state index in [1.165, 1.54) is 6.92 Å². The highest BCUT2D eigenvalue weighted by molar-refractivity contribution is 7.90. The van der Waals surface area contributed by atoms with Crippen molar-refractivity contribution in [1.29, 1.82) is 0 Å². The van der Waals surface area contributed by atoms with E-state index in [-0.39, 0.29) is 12.2 Å². The van der Waals surface area contributed by atoms with Crippen molar-refractivity contribution in [2.75, 3.05) is 0 Å². The molecule has 0 saturated carbocycles. The van der Waals surface area contributed by atoms with Crippen LogP contribution in [0.25, 0.3) is 0 Å². The zero-order valence-electron chi connectivity index (χ0n) is 17.2. The maximum Gasteiger partial charge on any atom is 0.221 e. The van der Waals surface area contributed by atoms with Crippen molar-refractivity contribution in [2.24, 2.45) is 5.14 Å². The molecule has 0 radical (unpaired) electrons. The van der Waals surface area contributed by atoms with Gasteiger partial charge in [0.1, 0.15) is 4.75 Å². The molecule has 0 aliphatic heterocycles. The van der Waals surface area contributed by atoms with E-state index in [4.69, 9.17) is 5.14 Å². The van der Waals surface area contributed by atoms with Gasteiger partial charge in [0.15, 0.2) is 0 Å². The van der Waals surface area contributed by atoms with Gasteiger partial charge in [-0.1, -0.05) is 60.2 Å². The lowest BCUT2D eigenvalue weighted by Gasteiger charge is -2.32. The van der Waals surface area contributed by atoms with Crippen molar-refractivity contribution < 1.29 is 18.3 Å². The van der Waals surface area contributed by atoms with Crippen LogP contribution in [0.2, 0.25) is 0 Å². The van der Waals surface area contributed by atoms with Gasteiger partial charge in [-0.25, -0.2) is 13.6 Å². The summed E-state index contributed by atoms with van der Waals surface area (Å²) < 4.78 is 23.2. The Labute approximate surface area is 176 Å². The van der Waals surface area contributed by atoms with Crippen LogP contribution >= 0.6 is 0 Å². The van der Waals surface area contributed by atoms with E-state index in [9.17, 15) is 18.3 Å². The van der Waals surface area contributed by atoms with Crippen LogP contribution in [0, 0.1) is 13.8 Å². The second kappa shape index (κ2) is 8.18. The van der Waals surface area contributed by atoms with Crippen molar-refractivity contribution >= 4 is 15.8 Å². The molecule has 0 spiro atoms. The Morgan fingerprint density at radius 3 is 2.27 bits per heavy atom. The normalized spacial score (nSPS) is 14.8. The first kappa shape index (κ1) is 22.0. The van der Waals surface area contributed by atoms with Gasteiger partial charge in [0.25, 0.3) is 0 Å². The molecule has 0 aliphatic carbocycles. The number of rotatable bonds is 7. The number of nitrogens with one attached hydrogen (secondary N) is 1. The molecule has 4 N–H and O–H groups in total. The SMILES string of the molecule is Cc1ccc(C(=O)c2[nH]c(CC(O)C(C)(c3ccccc3)S(N)(=O)=O)cc2C)cc1. The lowest BCUT2D eigenvalue weighted by Crippen LogP contribution is -2.48. The number of hydrogen-bond donors (Lipinski definition) is 3. The van der Waals surface area contributed by atoms with E-state index in [1.807, 2.05) is 19.1 Å². The van der Waals surface area contributed by atoms with Crippen LogP contribution < -0.4 is 5.14 Å². The molecule has 6 nitrogen and oxygen atoms in total. The van der Waals surface area contributed by atoms with E-state index in [0.717, 1.165) is 11.1 Å². The monoisotopic (exact) mass is 426 g/mol. The number of aliphatic hydroxyl groups is 1. The van der Waals surface area contributed by atoms with E-state index < -0.39 is 20.9 Å². The summed E-state index contributed by atoms with van der Waals surface area (Å²) in [5.41, 5.74) is 3.71. The average Bonchev–Trinajstić information content (AvgIpc) is 3.07. The fraction of sp³-hybridized carbons (Fsp3) is 0.261. The minimum absolute atomic E-state index is 0.0101. The van der Waals surface area contributed by atoms with Gasteiger partial charge in [0.2, 0.25) is 15.8 Å². The van der Waals surface area contributed by atoms with Crippen molar-refractivity contribution in [2.45, 2.75) is 38.0 Å². The molecule has 0 bridgehead atoms. The first-order valence-corrected chi connectivity index (χ1v) is 11.1. The van der Waals surface area contributed by atoms with Crippen LogP contribution in [-0.2, 0) is 21.2 Å². The molecule has 158 valence electrons. The fourth-order valence-electron chi connectivity index (χ4n) is 3.54. The maximum atomic E-state index is 12.8. The van der Waals surface area contributed by atoms with Gasteiger partial charge in [-0.3, -0.25) is 4.79 Å². The number of aliphatic hydroxyl groups excluding tert-OH is 1. The summed E-state index contributed by atoms with van der Waals surface area (Å²) in [7, 11) is -4.13. The second-order valence-corrected chi connectivity index (χ2v) is 9.72. The van der Waals surface area contributed by atoms with Crippen molar-refractivity contribution in [1.82, 2.24) is 4.98 Å². The lowest BCUT2D eigenvalue weighted by atomic mass is 9.91. The first-order chi connectivity index (χ1) is 14.0. The molecule has 2 aromatic carbocycles. The molecule has 3 aromatic rings. The number of primary sulfonamides is 1. The zero-order valence-corrected chi connectivity index (χ0v) is 18.0. The number of ketones is 1. The minimum Gasteiger partial charge on any atom is -0.391 e. The van der Waals surface area contributed by atoms with Gasteiger partial charge in [0, 0.05) is 17.7 Å². The number of aromatic nitrogens is 1. The molecule has 0 amide bonds. The van der Waals surface area contributed by atoms with Crippen LogP contribution in [0.5, 0.6) is 0 Å². The number of nitrogens with two attached hydrogens (primary N) is 1. The van der Waals surface area contributed by atoms with Gasteiger partial charge in [0.05, 0.1) is 11.8 Å². The van der Waals surface area contributed by atoms with Gasteiger partial charge < -0.3 is 10.1 Å². The van der Waals surface area contributed by atoms with Gasteiger partial charge >= 0.3 is 0 Å². The van der Waals surface area contributed by atoms with Crippen LogP contribution in [-0.4, -0.2) is 30.4 Å². The quantitative estimate of drug-likeness (QED) is 0.504. The topological polar surface area (TPSA) is 113 Å². The number of H-pyrrole nitrogens is 1. The molecule has 3 rings (SSSR count). The Morgan fingerprint density at radius 1 is 1.10 bits per heavy atom. The van der Waals surface area contributed by atoms with E-state index in [2.05, 4.69) is 4.98 Å². The number of carbonyl (C=O) groups excluding carboxylic acids is 1. The smallest absolute Gasteiger partial charge is 0.221 e. The summed E-state index contributed by atoms with van der Waals surface area (Å²) in [5.74, 6) is -0.162. The van der Waals surface area contributed by atoms with Gasteiger partial charge in [-0.05, 0) is 38.0 Å². The Bertz CT molecular complexity index is 1150. The van der Waals surface area contributed by atoms with Crippen LogP contribution in [0.4, 0.5) is 0 Å². The number of aryl methyl sites for hydroxylation is 2. The van der Waals surface area contributed by atoms with E-state index >= 15 is 0 Å². The van der Waals surface area contributed by atoms with E-state index in [1.54, 1.807) is 55.5 Å². The third-order valence-electron chi connectivity index (χ3n) is 5.60. The van der Waals surface area contributed by atoms with Crippen LogP contribution in [0.1, 0.15) is 45.4 Å². The number of hydrogen-bond acceptors (Lipinski definition) is 4. The van der Waals surface area contributed by atoms with Crippen molar-refractivity contribution in [3.8, 4) is 0 Å². The third kappa shape index (κ3) is 4.09. The maximum absolute atomic E-state index is 12.8. The highest BCUT2D eigenvalue weighted by Gasteiger charge is 2.45. The van der Waals surface area contributed by atoms with Crippen molar-refractivity contribution in [3.05, 3.63) is 94.3 Å². The molecule has 0 aliphatic rings. The van der Waals surface area contributed by atoms with Crippen LogP contribution in [0.3, 0.4) is 0 Å². The lowest BCUT2D eigenvalue weighted by molar-refractivity contribution is 0.103. The molecule has 1 heterocycles. The summed E-state index contributed by atoms with van der Waals surface area (Å²) in [4.78, 5) is 15.9. The van der Waals surface area contributed by atoms with E-state index in [0.29, 0.717) is 22.5 Å². The molecule has 0 saturated heterocycles. The number of benzene rings is 2. The molecule has 30 heavy (non-hydrogen) atoms. The predicted molar refractivity (Wildman–Crippen MR) is 117 cm³/mol. The summed E-state index contributed by atoms with van der Waals surface area (Å²) in [5, 5.41) is 16.5. The summed E-state index contributed by atoms with van der Waals surface area (Å²) >= 11 is 0.